The molecule has 1 aromatic carbocycles. The van der Waals surface area contributed by atoms with Crippen LogP contribution in [0.25, 0.3) is 11.0 Å². The zero-order chi connectivity index (χ0) is 22.1. The molecule has 2 aromatic heterocycles. The number of aromatic nitrogens is 3. The van der Waals surface area contributed by atoms with Crippen molar-refractivity contribution >= 4 is 16.9 Å². The number of fused-ring (bicyclic) bond motifs is 1. The summed E-state index contributed by atoms with van der Waals surface area (Å²) in [5.74, 6) is 0.266. The minimum Gasteiger partial charge on any atom is -0.342 e. The summed E-state index contributed by atoms with van der Waals surface area (Å²) in [6.45, 7) is 13.2. The molecule has 0 saturated carbocycles. The average molecular weight is 407 g/mol. The second-order valence-electron chi connectivity index (χ2n) is 9.43. The Morgan fingerprint density at radius 3 is 2.43 bits per heavy atom. The number of nitrogens with zero attached hydrogens (tertiary/aromatic N) is 4. The topological polar surface area (TPSA) is 51.0 Å². The Balaban J connectivity index is 1.93. The minimum atomic E-state index is -0.211. The molecule has 160 valence electrons. The molecule has 0 atom stereocenters. The molecule has 0 fully saturated rings. The van der Waals surface area contributed by atoms with Crippen LogP contribution < -0.4 is 0 Å². The molecule has 0 saturated heterocycles. The number of hydrogen-bond donors (Lipinski definition) is 0. The molecule has 0 aliphatic carbocycles. The van der Waals surface area contributed by atoms with Crippen LogP contribution in [0.3, 0.4) is 0 Å². The monoisotopic (exact) mass is 406 g/mol. The molecule has 2 heterocycles. The highest BCUT2D eigenvalue weighted by molar-refractivity contribution is 6.06. The molecular formula is C25H34N4O. The zero-order valence-electron chi connectivity index (χ0n) is 19.4. The van der Waals surface area contributed by atoms with Gasteiger partial charge in [-0.15, -0.1) is 0 Å². The van der Waals surface area contributed by atoms with Crippen molar-refractivity contribution in [1.82, 2.24) is 19.7 Å². The first-order valence-electron chi connectivity index (χ1n) is 10.8. The highest BCUT2D eigenvalue weighted by Gasteiger charge is 2.26. The number of pyridine rings is 1. The highest BCUT2D eigenvalue weighted by atomic mass is 16.2. The molecule has 0 N–H and O–H groups in total. The third-order valence-electron chi connectivity index (χ3n) is 5.44. The number of amides is 1. The van der Waals surface area contributed by atoms with E-state index >= 15 is 0 Å². The lowest BCUT2D eigenvalue weighted by Crippen LogP contribution is -2.29. The molecule has 3 aromatic rings. The van der Waals surface area contributed by atoms with Gasteiger partial charge in [-0.1, -0.05) is 44.2 Å². The van der Waals surface area contributed by atoms with Crippen LogP contribution in [0.4, 0.5) is 0 Å². The zero-order valence-corrected chi connectivity index (χ0v) is 19.4. The van der Waals surface area contributed by atoms with Crippen molar-refractivity contribution in [3.05, 3.63) is 58.9 Å². The van der Waals surface area contributed by atoms with Crippen LogP contribution >= 0.6 is 0 Å². The lowest BCUT2D eigenvalue weighted by molar-refractivity contribution is 0.0795. The molecule has 5 nitrogen and oxygen atoms in total. The van der Waals surface area contributed by atoms with Gasteiger partial charge in [-0.05, 0) is 58.1 Å². The van der Waals surface area contributed by atoms with Crippen LogP contribution in [0, 0.1) is 6.92 Å². The fourth-order valence-electron chi connectivity index (χ4n) is 3.71. The van der Waals surface area contributed by atoms with Gasteiger partial charge in [-0.2, -0.15) is 5.10 Å². The standard InChI is InChI=1S/C25H34N4O/c1-17(2)21-16-20(22-18(3)27-29(23(22)26-21)25(4,5)6)24(30)28(7)15-11-14-19-12-9-8-10-13-19/h8-10,12-13,16-17H,11,14-15H2,1-7H3. The van der Waals surface area contributed by atoms with Gasteiger partial charge in [0.05, 0.1) is 22.2 Å². The number of benzene rings is 1. The Hall–Kier alpha value is -2.69. The summed E-state index contributed by atoms with van der Waals surface area (Å²) in [5, 5.41) is 5.62. The van der Waals surface area contributed by atoms with E-state index in [0.717, 1.165) is 35.3 Å². The maximum absolute atomic E-state index is 13.4. The summed E-state index contributed by atoms with van der Waals surface area (Å²) >= 11 is 0. The Morgan fingerprint density at radius 2 is 1.83 bits per heavy atom. The molecule has 0 aliphatic rings. The summed E-state index contributed by atoms with van der Waals surface area (Å²) in [7, 11) is 1.89. The number of carbonyl (C=O) groups is 1. The largest absolute Gasteiger partial charge is 0.342 e. The van der Waals surface area contributed by atoms with Crippen molar-refractivity contribution in [1.29, 1.82) is 0 Å². The van der Waals surface area contributed by atoms with Gasteiger partial charge >= 0.3 is 0 Å². The summed E-state index contributed by atoms with van der Waals surface area (Å²) in [6.07, 6.45) is 1.89. The summed E-state index contributed by atoms with van der Waals surface area (Å²) in [6, 6.07) is 12.4. The quantitative estimate of drug-likeness (QED) is 0.556. The van der Waals surface area contributed by atoms with Gasteiger partial charge in [0.15, 0.2) is 5.65 Å². The van der Waals surface area contributed by atoms with E-state index in [0.29, 0.717) is 12.1 Å². The smallest absolute Gasteiger partial charge is 0.254 e. The van der Waals surface area contributed by atoms with Gasteiger partial charge in [0, 0.05) is 19.3 Å². The van der Waals surface area contributed by atoms with E-state index in [9.17, 15) is 4.79 Å². The number of carbonyl (C=O) groups excluding carboxylic acids is 1. The Kier molecular flexibility index (Phi) is 6.30. The van der Waals surface area contributed by atoms with Crippen molar-refractivity contribution in [3.8, 4) is 0 Å². The van der Waals surface area contributed by atoms with E-state index < -0.39 is 0 Å². The maximum atomic E-state index is 13.4. The van der Waals surface area contributed by atoms with E-state index in [-0.39, 0.29) is 17.4 Å². The van der Waals surface area contributed by atoms with Crippen LogP contribution in [0.15, 0.2) is 36.4 Å². The molecule has 0 bridgehead atoms. The normalized spacial score (nSPS) is 12.0. The Labute approximate surface area is 180 Å². The lowest BCUT2D eigenvalue weighted by atomic mass is 10.0. The van der Waals surface area contributed by atoms with Crippen LogP contribution in [0.1, 0.15) is 74.3 Å². The van der Waals surface area contributed by atoms with Crippen molar-refractivity contribution in [2.24, 2.45) is 0 Å². The molecule has 0 radical (unpaired) electrons. The molecule has 0 unspecified atom stereocenters. The third kappa shape index (κ3) is 4.55. The summed E-state index contributed by atoms with van der Waals surface area (Å²) in [4.78, 5) is 20.2. The van der Waals surface area contributed by atoms with E-state index in [2.05, 4.69) is 58.9 Å². The minimum absolute atomic E-state index is 0.0360. The molecular weight excluding hydrogens is 372 g/mol. The average Bonchev–Trinajstić information content (AvgIpc) is 3.04. The number of aryl methyl sites for hydroxylation is 2. The lowest BCUT2D eigenvalue weighted by Gasteiger charge is -2.21. The molecule has 30 heavy (non-hydrogen) atoms. The Bertz CT molecular complexity index is 1030. The second kappa shape index (κ2) is 8.58. The van der Waals surface area contributed by atoms with E-state index in [1.54, 1.807) is 0 Å². The summed E-state index contributed by atoms with van der Waals surface area (Å²) < 4.78 is 1.95. The van der Waals surface area contributed by atoms with E-state index in [1.165, 1.54) is 5.56 Å². The first-order chi connectivity index (χ1) is 14.1. The van der Waals surface area contributed by atoms with Crippen molar-refractivity contribution in [3.63, 3.8) is 0 Å². The van der Waals surface area contributed by atoms with Gasteiger partial charge < -0.3 is 4.90 Å². The Morgan fingerprint density at radius 1 is 1.17 bits per heavy atom. The van der Waals surface area contributed by atoms with Crippen molar-refractivity contribution in [2.45, 2.75) is 65.8 Å². The SMILES string of the molecule is Cc1nn(C(C)(C)C)c2nc(C(C)C)cc(C(=O)N(C)CCCc3ccccc3)c12. The van der Waals surface area contributed by atoms with Crippen molar-refractivity contribution in [2.75, 3.05) is 13.6 Å². The first kappa shape index (κ1) is 22.0. The fourth-order valence-corrected chi connectivity index (χ4v) is 3.71. The summed E-state index contributed by atoms with van der Waals surface area (Å²) in [5.41, 5.74) is 4.37. The van der Waals surface area contributed by atoms with Crippen LogP contribution in [0.2, 0.25) is 0 Å². The predicted octanol–water partition coefficient (Wildman–Crippen LogP) is 5.32. The third-order valence-corrected chi connectivity index (χ3v) is 5.44. The van der Waals surface area contributed by atoms with Gasteiger partial charge in [0.2, 0.25) is 0 Å². The molecule has 0 spiro atoms. The van der Waals surface area contributed by atoms with Gasteiger partial charge in [0.1, 0.15) is 0 Å². The van der Waals surface area contributed by atoms with Crippen LogP contribution in [0.5, 0.6) is 0 Å². The van der Waals surface area contributed by atoms with Gasteiger partial charge in [-0.3, -0.25) is 4.79 Å². The molecule has 5 heteroatoms. The second-order valence-corrected chi connectivity index (χ2v) is 9.43. The van der Waals surface area contributed by atoms with Crippen molar-refractivity contribution < 1.29 is 4.79 Å². The molecule has 1 amide bonds. The van der Waals surface area contributed by atoms with Crippen LogP contribution in [-0.2, 0) is 12.0 Å². The van der Waals surface area contributed by atoms with E-state index in [4.69, 9.17) is 10.1 Å². The maximum Gasteiger partial charge on any atom is 0.254 e. The van der Waals surface area contributed by atoms with Gasteiger partial charge in [0.25, 0.3) is 5.91 Å². The van der Waals surface area contributed by atoms with Crippen LogP contribution in [-0.4, -0.2) is 39.2 Å². The number of rotatable bonds is 6. The fraction of sp³-hybridized carbons (Fsp3) is 0.480. The number of hydrogen-bond acceptors (Lipinski definition) is 3. The van der Waals surface area contributed by atoms with E-state index in [1.807, 2.05) is 35.7 Å². The predicted molar refractivity (Wildman–Crippen MR) is 123 cm³/mol. The first-order valence-corrected chi connectivity index (χ1v) is 10.8. The molecule has 3 rings (SSSR count). The molecule has 0 aliphatic heterocycles. The van der Waals surface area contributed by atoms with Gasteiger partial charge in [-0.25, -0.2) is 9.67 Å². The highest BCUT2D eigenvalue weighted by Crippen LogP contribution is 2.29.